The van der Waals surface area contributed by atoms with E-state index in [2.05, 4.69) is 15.1 Å². The number of fused-ring (bicyclic) bond motifs is 7. The monoisotopic (exact) mass is 670 g/mol. The van der Waals surface area contributed by atoms with Crippen molar-refractivity contribution in [2.24, 2.45) is 17.3 Å². The van der Waals surface area contributed by atoms with E-state index in [0.29, 0.717) is 65.6 Å². The molecule has 256 valence electrons. The van der Waals surface area contributed by atoms with Crippen LogP contribution < -0.4 is 19.7 Å². The number of anilines is 1. The fourth-order valence-corrected chi connectivity index (χ4v) is 9.46. The van der Waals surface area contributed by atoms with E-state index in [1.54, 1.807) is 12.1 Å². The quantitative estimate of drug-likeness (QED) is 0.246. The summed E-state index contributed by atoms with van der Waals surface area (Å²) in [6.07, 6.45) is 5.67. The van der Waals surface area contributed by atoms with E-state index in [4.69, 9.17) is 24.4 Å². The number of piperazine rings is 1. The average Bonchev–Trinajstić information content (AvgIpc) is 3.99. The summed E-state index contributed by atoms with van der Waals surface area (Å²) in [4.78, 5) is 19.1. The standard InChI is InChI=1S/C37H40F2N6O4/c1-2-22-25(38)5-3-18-9-21(47)11-24(29(18)22)32-31(39)33-30-34(45-13-20-4-6-26(40-20)28(45)15-48-35(30)41-32)43-36(42-33)49-17-37(7-8-37)16-44-12-19-10-23(19)27(44)14-46/h3,5,9,11,19-20,23,26-28,40,46-47H,2,4,6-8,10,12-17H2,1H3/t19-,20+,23-,26-,27-,28+/m1/s1. The molecule has 2 aromatic carbocycles. The van der Waals surface area contributed by atoms with Gasteiger partial charge < -0.3 is 29.9 Å². The van der Waals surface area contributed by atoms with Gasteiger partial charge in [-0.3, -0.25) is 4.90 Å². The first kappa shape index (κ1) is 30.0. The van der Waals surface area contributed by atoms with Gasteiger partial charge in [0.2, 0.25) is 5.88 Å². The van der Waals surface area contributed by atoms with E-state index in [0.717, 1.165) is 38.8 Å². The minimum Gasteiger partial charge on any atom is -0.508 e. The molecule has 49 heavy (non-hydrogen) atoms. The van der Waals surface area contributed by atoms with Gasteiger partial charge in [0.1, 0.15) is 40.6 Å². The molecular weight excluding hydrogens is 630 g/mol. The molecule has 6 atom stereocenters. The first-order valence-electron chi connectivity index (χ1n) is 17.8. The highest BCUT2D eigenvalue weighted by atomic mass is 19.1. The number of aromatic hydroxyl groups is 1. The zero-order chi connectivity index (χ0) is 33.2. The van der Waals surface area contributed by atoms with Crippen LogP contribution in [-0.4, -0.2) is 93.7 Å². The molecule has 2 saturated carbocycles. The van der Waals surface area contributed by atoms with Crippen molar-refractivity contribution >= 4 is 27.5 Å². The number of aryl methyl sites for hydroxylation is 1. The molecule has 12 heteroatoms. The number of nitrogens with zero attached hydrogens (tertiary/aromatic N) is 5. The third-order valence-corrected chi connectivity index (χ3v) is 12.3. The maximum Gasteiger partial charge on any atom is 0.319 e. The van der Waals surface area contributed by atoms with Crippen LogP contribution in [0.25, 0.3) is 32.9 Å². The number of aliphatic hydroxyl groups is 1. The smallest absolute Gasteiger partial charge is 0.319 e. The number of ether oxygens (including phenoxy) is 2. The van der Waals surface area contributed by atoms with Crippen molar-refractivity contribution in [3.63, 3.8) is 0 Å². The Morgan fingerprint density at radius 3 is 2.80 bits per heavy atom. The van der Waals surface area contributed by atoms with Crippen molar-refractivity contribution in [3.8, 4) is 28.9 Å². The highest BCUT2D eigenvalue weighted by molar-refractivity contribution is 6.03. The first-order valence-corrected chi connectivity index (χ1v) is 17.8. The molecule has 2 aromatic heterocycles. The van der Waals surface area contributed by atoms with Gasteiger partial charge in [0.25, 0.3) is 0 Å². The number of phenolic OH excluding ortho intramolecular Hbond substituents is 1. The van der Waals surface area contributed by atoms with Crippen molar-refractivity contribution in [2.45, 2.75) is 69.6 Å². The number of benzene rings is 2. The number of rotatable bonds is 8. The van der Waals surface area contributed by atoms with E-state index >= 15 is 8.78 Å². The molecule has 4 aromatic rings. The van der Waals surface area contributed by atoms with Crippen molar-refractivity contribution in [1.82, 2.24) is 25.2 Å². The zero-order valence-electron chi connectivity index (χ0n) is 27.5. The van der Waals surface area contributed by atoms with E-state index in [1.807, 2.05) is 6.92 Å². The Bertz CT molecular complexity index is 2030. The van der Waals surface area contributed by atoms with Crippen LogP contribution in [0.15, 0.2) is 24.3 Å². The number of nitrogens with one attached hydrogen (secondary N) is 1. The topological polar surface area (TPSA) is 116 Å². The minimum absolute atomic E-state index is 0.0299. The Morgan fingerprint density at radius 2 is 1.98 bits per heavy atom. The lowest BCUT2D eigenvalue weighted by Crippen LogP contribution is -2.60. The van der Waals surface area contributed by atoms with Crippen LogP contribution in [0, 0.1) is 28.9 Å². The molecule has 5 fully saturated rings. The van der Waals surface area contributed by atoms with Crippen LogP contribution in [0.3, 0.4) is 0 Å². The van der Waals surface area contributed by atoms with Gasteiger partial charge in [-0.2, -0.15) is 9.97 Å². The second-order valence-electron chi connectivity index (χ2n) is 15.3. The summed E-state index contributed by atoms with van der Waals surface area (Å²) in [5, 5.41) is 26.0. The molecule has 2 aliphatic carbocycles. The van der Waals surface area contributed by atoms with Crippen molar-refractivity contribution in [3.05, 3.63) is 41.5 Å². The number of piperidine rings is 1. The average molecular weight is 671 g/mol. The number of likely N-dealkylation sites (tertiary alicyclic amines) is 1. The maximum atomic E-state index is 17.2. The molecule has 3 saturated heterocycles. The lowest BCUT2D eigenvalue weighted by Gasteiger charge is -2.40. The number of halogens is 2. The van der Waals surface area contributed by atoms with E-state index in [9.17, 15) is 10.2 Å². The van der Waals surface area contributed by atoms with Crippen molar-refractivity contribution in [2.75, 3.05) is 44.4 Å². The minimum atomic E-state index is -0.700. The molecule has 0 radical (unpaired) electrons. The predicted molar refractivity (Wildman–Crippen MR) is 179 cm³/mol. The van der Waals surface area contributed by atoms with E-state index in [-0.39, 0.29) is 70.6 Å². The number of hydrogen-bond acceptors (Lipinski definition) is 10. The van der Waals surface area contributed by atoms with Gasteiger partial charge in [-0.25, -0.2) is 13.8 Å². The molecule has 0 spiro atoms. The lowest BCUT2D eigenvalue weighted by molar-refractivity contribution is 0.0966. The third-order valence-electron chi connectivity index (χ3n) is 12.3. The molecule has 2 bridgehead atoms. The number of phenols is 1. The van der Waals surface area contributed by atoms with Gasteiger partial charge in [0.15, 0.2) is 5.82 Å². The van der Waals surface area contributed by atoms with Crippen LogP contribution in [0.1, 0.15) is 44.6 Å². The Hall–Kier alpha value is -3.87. The fraction of sp³-hybridized carbons (Fsp3) is 0.541. The maximum absolute atomic E-state index is 17.2. The van der Waals surface area contributed by atoms with Gasteiger partial charge in [-0.1, -0.05) is 13.0 Å². The number of aliphatic hydroxyl groups excluding tert-OH is 1. The summed E-state index contributed by atoms with van der Waals surface area (Å²) in [6.45, 7) is 5.33. The lowest BCUT2D eigenvalue weighted by atomic mass is 9.94. The van der Waals surface area contributed by atoms with Crippen LogP contribution >= 0.6 is 0 Å². The number of aromatic nitrogens is 3. The Morgan fingerprint density at radius 1 is 1.10 bits per heavy atom. The van der Waals surface area contributed by atoms with Crippen LogP contribution in [0.2, 0.25) is 0 Å². The van der Waals surface area contributed by atoms with Crippen LogP contribution in [0.4, 0.5) is 14.6 Å². The SMILES string of the molecule is CCc1c(F)ccc2cc(O)cc(-c3nc4c5c(nc(OCC6(CN7C[C@H]8C[C@H]8[C@H]7CO)CC6)nc5c3F)N3C[C@@H]5CC[C@@H](N5)[C@@H]3CO4)c12. The van der Waals surface area contributed by atoms with Crippen LogP contribution in [0.5, 0.6) is 17.6 Å². The summed E-state index contributed by atoms with van der Waals surface area (Å²) in [5.41, 5.74) is 0.600. The summed E-state index contributed by atoms with van der Waals surface area (Å²) < 4.78 is 45.1. The largest absolute Gasteiger partial charge is 0.508 e. The van der Waals surface area contributed by atoms with Gasteiger partial charge in [-0.15, -0.1) is 0 Å². The highest BCUT2D eigenvalue weighted by Gasteiger charge is 2.55. The Balaban J connectivity index is 1.09. The molecule has 0 amide bonds. The van der Waals surface area contributed by atoms with Gasteiger partial charge >= 0.3 is 6.01 Å². The normalized spacial score (nSPS) is 29.1. The Labute approximate surface area is 282 Å². The molecule has 0 unspecified atom stereocenters. The molecule has 6 aliphatic rings. The number of pyridine rings is 1. The fourth-order valence-electron chi connectivity index (χ4n) is 9.46. The molecule has 3 N–H and O–H groups in total. The molecule has 6 heterocycles. The van der Waals surface area contributed by atoms with E-state index in [1.165, 1.54) is 18.6 Å². The van der Waals surface area contributed by atoms with Gasteiger partial charge in [0, 0.05) is 48.7 Å². The highest BCUT2D eigenvalue weighted by Crippen LogP contribution is 2.54. The Kier molecular flexibility index (Phi) is 6.62. The summed E-state index contributed by atoms with van der Waals surface area (Å²) >= 11 is 0. The predicted octanol–water partition coefficient (Wildman–Crippen LogP) is 4.56. The second-order valence-corrected chi connectivity index (χ2v) is 15.3. The molecule has 10 rings (SSSR count). The van der Waals surface area contributed by atoms with Gasteiger partial charge in [0.05, 0.1) is 19.3 Å². The number of hydrogen-bond donors (Lipinski definition) is 3. The van der Waals surface area contributed by atoms with Gasteiger partial charge in [-0.05, 0) is 84.9 Å². The molecule has 4 aliphatic heterocycles. The molecular formula is C37H40F2N6O4. The van der Waals surface area contributed by atoms with Crippen molar-refractivity contribution < 1.29 is 28.5 Å². The summed E-state index contributed by atoms with van der Waals surface area (Å²) in [7, 11) is 0. The van der Waals surface area contributed by atoms with Crippen LogP contribution in [-0.2, 0) is 6.42 Å². The van der Waals surface area contributed by atoms with Crippen molar-refractivity contribution in [1.29, 1.82) is 0 Å². The second kappa shape index (κ2) is 10.8. The third kappa shape index (κ3) is 4.70. The molecule has 10 nitrogen and oxygen atoms in total. The summed E-state index contributed by atoms with van der Waals surface area (Å²) in [6, 6.07) is 6.71. The van der Waals surface area contributed by atoms with E-state index < -0.39 is 11.6 Å². The summed E-state index contributed by atoms with van der Waals surface area (Å²) in [5.74, 6) is 0.902. The first-order chi connectivity index (χ1) is 23.8. The zero-order valence-corrected chi connectivity index (χ0v) is 27.5.